The van der Waals surface area contributed by atoms with Gasteiger partial charge in [0, 0.05) is 10.7 Å². The van der Waals surface area contributed by atoms with Gasteiger partial charge in [-0.15, -0.1) is 0 Å². The Morgan fingerprint density at radius 1 is 1.08 bits per heavy atom. The van der Waals surface area contributed by atoms with Crippen LogP contribution in [0.15, 0.2) is 42.5 Å². The molecule has 0 aromatic heterocycles. The van der Waals surface area contributed by atoms with Gasteiger partial charge in [0.05, 0.1) is 29.4 Å². The van der Waals surface area contributed by atoms with Gasteiger partial charge in [-0.1, -0.05) is 35.3 Å². The molecule has 0 atom stereocenters. The molecule has 0 spiro atoms. The van der Waals surface area contributed by atoms with Gasteiger partial charge < -0.3 is 15.4 Å². The fourth-order valence-corrected chi connectivity index (χ4v) is 2.32. The molecular formula is C17H16Cl2N2O3. The van der Waals surface area contributed by atoms with E-state index in [1.54, 1.807) is 49.4 Å². The first-order valence-electron chi connectivity index (χ1n) is 7.26. The lowest BCUT2D eigenvalue weighted by Crippen LogP contribution is -2.23. The molecule has 2 N–H and O–H groups in total. The number of hydrogen-bond acceptors (Lipinski definition) is 4. The van der Waals surface area contributed by atoms with Crippen LogP contribution >= 0.6 is 23.2 Å². The van der Waals surface area contributed by atoms with Crippen molar-refractivity contribution in [3.8, 4) is 0 Å². The quantitative estimate of drug-likeness (QED) is 0.751. The Morgan fingerprint density at radius 3 is 2.58 bits per heavy atom. The van der Waals surface area contributed by atoms with E-state index < -0.39 is 5.97 Å². The molecule has 2 aromatic carbocycles. The van der Waals surface area contributed by atoms with Crippen LogP contribution in [0.2, 0.25) is 10.0 Å². The van der Waals surface area contributed by atoms with Crippen LogP contribution in [0.3, 0.4) is 0 Å². The number of nitrogens with one attached hydrogen (secondary N) is 2. The average molecular weight is 367 g/mol. The second-order valence-corrected chi connectivity index (χ2v) is 5.64. The third-order valence-corrected chi connectivity index (χ3v) is 3.63. The number of carbonyl (C=O) groups is 2. The van der Waals surface area contributed by atoms with Crippen molar-refractivity contribution in [2.45, 2.75) is 6.92 Å². The zero-order valence-corrected chi connectivity index (χ0v) is 14.4. The molecule has 24 heavy (non-hydrogen) atoms. The minimum Gasteiger partial charge on any atom is -0.462 e. The second kappa shape index (κ2) is 8.57. The zero-order valence-electron chi connectivity index (χ0n) is 12.9. The lowest BCUT2D eigenvalue weighted by atomic mass is 10.2. The summed E-state index contributed by atoms with van der Waals surface area (Å²) in [6.45, 7) is 1.97. The summed E-state index contributed by atoms with van der Waals surface area (Å²) in [5, 5.41) is 6.44. The summed E-state index contributed by atoms with van der Waals surface area (Å²) < 4.78 is 4.99. The molecule has 2 rings (SSSR count). The van der Waals surface area contributed by atoms with E-state index in [9.17, 15) is 9.59 Å². The molecule has 0 radical (unpaired) electrons. The number of anilines is 2. The van der Waals surface area contributed by atoms with Gasteiger partial charge >= 0.3 is 5.97 Å². The third-order valence-electron chi connectivity index (χ3n) is 3.06. The Balaban J connectivity index is 2.02. The van der Waals surface area contributed by atoms with E-state index in [1.807, 2.05) is 0 Å². The molecule has 0 saturated carbocycles. The van der Waals surface area contributed by atoms with Gasteiger partial charge in [0.25, 0.3) is 0 Å². The molecule has 126 valence electrons. The number of benzene rings is 2. The summed E-state index contributed by atoms with van der Waals surface area (Å²) in [6.07, 6.45) is 0. The van der Waals surface area contributed by atoms with E-state index in [2.05, 4.69) is 10.6 Å². The molecule has 0 saturated heterocycles. The van der Waals surface area contributed by atoms with Crippen molar-refractivity contribution in [3.05, 3.63) is 58.1 Å². The lowest BCUT2D eigenvalue weighted by molar-refractivity contribution is -0.114. The first-order chi connectivity index (χ1) is 11.5. The van der Waals surface area contributed by atoms with E-state index in [0.29, 0.717) is 27.0 Å². The third kappa shape index (κ3) is 4.88. The number of esters is 1. The molecule has 0 unspecified atom stereocenters. The van der Waals surface area contributed by atoms with E-state index in [-0.39, 0.29) is 19.1 Å². The van der Waals surface area contributed by atoms with Crippen LogP contribution < -0.4 is 10.6 Å². The number of para-hydroxylation sites is 1. The summed E-state index contributed by atoms with van der Waals surface area (Å²) in [5.74, 6) is -0.767. The first-order valence-corrected chi connectivity index (χ1v) is 8.01. The molecule has 2 aromatic rings. The van der Waals surface area contributed by atoms with E-state index in [1.165, 1.54) is 0 Å². The Morgan fingerprint density at radius 2 is 1.83 bits per heavy atom. The summed E-state index contributed by atoms with van der Waals surface area (Å²) in [4.78, 5) is 24.0. The summed E-state index contributed by atoms with van der Waals surface area (Å²) in [6, 6.07) is 11.6. The number of rotatable bonds is 6. The van der Waals surface area contributed by atoms with Crippen molar-refractivity contribution < 1.29 is 14.3 Å². The average Bonchev–Trinajstić information content (AvgIpc) is 2.57. The fourth-order valence-electron chi connectivity index (χ4n) is 1.99. The number of amides is 1. The Hall–Kier alpha value is -2.24. The monoisotopic (exact) mass is 366 g/mol. The van der Waals surface area contributed by atoms with Crippen LogP contribution in [-0.2, 0) is 9.53 Å². The molecule has 0 aliphatic heterocycles. The molecule has 0 fully saturated rings. The summed E-state index contributed by atoms with van der Waals surface area (Å²) >= 11 is 11.9. The van der Waals surface area contributed by atoms with Crippen LogP contribution in [0.1, 0.15) is 17.3 Å². The van der Waals surface area contributed by atoms with Gasteiger partial charge in [-0.25, -0.2) is 4.79 Å². The predicted molar refractivity (Wildman–Crippen MR) is 96.0 cm³/mol. The molecule has 1 amide bonds. The molecule has 0 bridgehead atoms. The molecule has 5 nitrogen and oxygen atoms in total. The zero-order chi connectivity index (χ0) is 17.5. The Labute approximate surface area is 149 Å². The SMILES string of the molecule is CCOC(=O)c1ccccc1NCC(=O)Nc1cc(Cl)ccc1Cl. The number of halogens is 2. The maximum atomic E-state index is 12.1. The number of hydrogen-bond donors (Lipinski definition) is 2. The van der Waals surface area contributed by atoms with Gasteiger partial charge in [0.2, 0.25) is 5.91 Å². The van der Waals surface area contributed by atoms with Gasteiger partial charge in [-0.05, 0) is 37.3 Å². The molecule has 0 heterocycles. The Bertz CT molecular complexity index is 750. The number of ether oxygens (including phenoxy) is 1. The summed E-state index contributed by atoms with van der Waals surface area (Å²) in [5.41, 5.74) is 1.31. The molecular weight excluding hydrogens is 351 g/mol. The van der Waals surface area contributed by atoms with Crippen LogP contribution in [0, 0.1) is 0 Å². The van der Waals surface area contributed by atoms with Gasteiger partial charge in [-0.3, -0.25) is 4.79 Å². The van der Waals surface area contributed by atoms with Crippen molar-refractivity contribution in [1.82, 2.24) is 0 Å². The van der Waals surface area contributed by atoms with Crippen molar-refractivity contribution in [2.75, 3.05) is 23.8 Å². The van der Waals surface area contributed by atoms with Crippen LogP contribution in [0.4, 0.5) is 11.4 Å². The van der Waals surface area contributed by atoms with Gasteiger partial charge in [0.15, 0.2) is 0 Å². The van der Waals surface area contributed by atoms with Crippen LogP contribution in [0.5, 0.6) is 0 Å². The summed E-state index contributed by atoms with van der Waals surface area (Å²) in [7, 11) is 0. The van der Waals surface area contributed by atoms with Crippen molar-refractivity contribution in [3.63, 3.8) is 0 Å². The molecule has 0 aliphatic rings. The highest BCUT2D eigenvalue weighted by Crippen LogP contribution is 2.25. The normalized spacial score (nSPS) is 10.1. The Kier molecular flexibility index (Phi) is 6.46. The van der Waals surface area contributed by atoms with Gasteiger partial charge in [-0.2, -0.15) is 0 Å². The first kappa shape index (κ1) is 18.1. The minimum absolute atomic E-state index is 0.0424. The highest BCUT2D eigenvalue weighted by atomic mass is 35.5. The smallest absolute Gasteiger partial charge is 0.340 e. The highest BCUT2D eigenvalue weighted by molar-refractivity contribution is 6.35. The molecule has 0 aliphatic carbocycles. The maximum absolute atomic E-state index is 12.1. The maximum Gasteiger partial charge on any atom is 0.340 e. The van der Waals surface area contributed by atoms with Crippen molar-refractivity contribution in [2.24, 2.45) is 0 Å². The number of carbonyl (C=O) groups excluding carboxylic acids is 2. The predicted octanol–water partition coefficient (Wildman–Crippen LogP) is 4.22. The van der Waals surface area contributed by atoms with E-state index in [4.69, 9.17) is 27.9 Å². The fraction of sp³-hybridized carbons (Fsp3) is 0.176. The lowest BCUT2D eigenvalue weighted by Gasteiger charge is -2.12. The van der Waals surface area contributed by atoms with Crippen LogP contribution in [-0.4, -0.2) is 25.0 Å². The van der Waals surface area contributed by atoms with E-state index in [0.717, 1.165) is 0 Å². The molecule has 7 heteroatoms. The largest absolute Gasteiger partial charge is 0.462 e. The van der Waals surface area contributed by atoms with Crippen molar-refractivity contribution in [1.29, 1.82) is 0 Å². The van der Waals surface area contributed by atoms with E-state index >= 15 is 0 Å². The second-order valence-electron chi connectivity index (χ2n) is 4.79. The minimum atomic E-state index is -0.445. The topological polar surface area (TPSA) is 67.4 Å². The highest BCUT2D eigenvalue weighted by Gasteiger charge is 2.13. The standard InChI is InChI=1S/C17H16Cl2N2O3/c1-2-24-17(23)12-5-3-4-6-14(12)20-10-16(22)21-15-9-11(18)7-8-13(15)19/h3-9,20H,2,10H2,1H3,(H,21,22). The van der Waals surface area contributed by atoms with Gasteiger partial charge in [0.1, 0.15) is 0 Å². The van der Waals surface area contributed by atoms with Crippen LogP contribution in [0.25, 0.3) is 0 Å². The van der Waals surface area contributed by atoms with Crippen molar-refractivity contribution >= 4 is 46.5 Å².